The highest BCUT2D eigenvalue weighted by Gasteiger charge is 2.30. The van der Waals surface area contributed by atoms with Gasteiger partial charge in [0.15, 0.2) is 0 Å². The van der Waals surface area contributed by atoms with Crippen LogP contribution in [0.25, 0.3) is 0 Å². The highest BCUT2D eigenvalue weighted by molar-refractivity contribution is 5.75. The Balaban J connectivity index is 3.03. The van der Waals surface area contributed by atoms with Gasteiger partial charge in [-0.1, -0.05) is 32.0 Å². The van der Waals surface area contributed by atoms with Crippen LogP contribution in [0.3, 0.4) is 0 Å². The maximum Gasteiger partial charge on any atom is 0.322 e. The summed E-state index contributed by atoms with van der Waals surface area (Å²) in [5, 5.41) is 11.0. The Hall–Kier alpha value is -1.95. The molecular formula is C14H20N2O4. The van der Waals surface area contributed by atoms with Crippen LogP contribution in [-0.2, 0) is 16.0 Å². The van der Waals surface area contributed by atoms with E-state index in [0.717, 1.165) is 0 Å². The Bertz CT molecular complexity index is 488. The minimum atomic E-state index is -0.792. The fraction of sp³-hybridized carbons (Fsp3) is 0.500. The van der Waals surface area contributed by atoms with Gasteiger partial charge in [-0.3, -0.25) is 14.9 Å². The molecule has 0 aliphatic heterocycles. The van der Waals surface area contributed by atoms with Gasteiger partial charge in [0.05, 0.1) is 12.0 Å². The fourth-order valence-electron chi connectivity index (χ4n) is 2.20. The lowest BCUT2D eigenvalue weighted by Crippen LogP contribution is -2.42. The third-order valence-electron chi connectivity index (χ3n) is 3.43. The number of ether oxygens (including phenoxy) is 1. The van der Waals surface area contributed by atoms with Crippen LogP contribution < -0.4 is 5.73 Å². The van der Waals surface area contributed by atoms with E-state index in [1.54, 1.807) is 18.2 Å². The van der Waals surface area contributed by atoms with Crippen molar-refractivity contribution in [3.05, 3.63) is 39.9 Å². The monoisotopic (exact) mass is 280 g/mol. The zero-order chi connectivity index (χ0) is 15.3. The number of nitrogens with two attached hydrogens (primary N) is 1. The van der Waals surface area contributed by atoms with Crippen LogP contribution in [0, 0.1) is 22.0 Å². The average molecular weight is 280 g/mol. The maximum atomic E-state index is 11.6. The second-order valence-corrected chi connectivity index (χ2v) is 5.05. The van der Waals surface area contributed by atoms with E-state index in [9.17, 15) is 14.9 Å². The van der Waals surface area contributed by atoms with Gasteiger partial charge in [0.1, 0.15) is 6.04 Å². The van der Waals surface area contributed by atoms with Gasteiger partial charge in [0, 0.05) is 11.6 Å². The van der Waals surface area contributed by atoms with Crippen molar-refractivity contribution in [3.63, 3.8) is 0 Å². The Morgan fingerprint density at radius 1 is 1.40 bits per heavy atom. The summed E-state index contributed by atoms with van der Waals surface area (Å²) in [4.78, 5) is 22.2. The molecule has 2 atom stereocenters. The maximum absolute atomic E-state index is 11.6. The van der Waals surface area contributed by atoms with Crippen LogP contribution in [0.5, 0.6) is 0 Å². The Kier molecular flexibility index (Phi) is 5.64. The highest BCUT2D eigenvalue weighted by Crippen LogP contribution is 2.26. The number of hydrogen-bond donors (Lipinski definition) is 1. The summed E-state index contributed by atoms with van der Waals surface area (Å²) in [6, 6.07) is 5.71. The zero-order valence-corrected chi connectivity index (χ0v) is 11.9. The number of esters is 1. The predicted octanol–water partition coefficient (Wildman–Crippen LogP) is 1.91. The second kappa shape index (κ2) is 7.00. The molecular weight excluding hydrogens is 260 g/mol. The number of nitrogens with zero attached hydrogens (tertiary/aromatic N) is 1. The molecule has 0 aromatic heterocycles. The largest absolute Gasteiger partial charge is 0.468 e. The molecule has 2 unspecified atom stereocenters. The summed E-state index contributed by atoms with van der Waals surface area (Å²) >= 11 is 0. The molecule has 1 aromatic rings. The molecule has 1 rings (SSSR count). The van der Waals surface area contributed by atoms with Gasteiger partial charge < -0.3 is 10.5 Å². The SMILES string of the molecule is COC(=O)C(N)C(Cc1ccccc1[N+](=O)[O-])C(C)C. The Morgan fingerprint density at radius 3 is 2.50 bits per heavy atom. The first-order valence-electron chi connectivity index (χ1n) is 6.44. The molecule has 0 fully saturated rings. The van der Waals surface area contributed by atoms with Crippen molar-refractivity contribution in [2.75, 3.05) is 7.11 Å². The lowest BCUT2D eigenvalue weighted by atomic mass is 9.83. The van der Waals surface area contributed by atoms with Crippen LogP contribution in [0.1, 0.15) is 19.4 Å². The number of methoxy groups -OCH3 is 1. The van der Waals surface area contributed by atoms with E-state index >= 15 is 0 Å². The molecule has 2 N–H and O–H groups in total. The van der Waals surface area contributed by atoms with Crippen molar-refractivity contribution in [3.8, 4) is 0 Å². The summed E-state index contributed by atoms with van der Waals surface area (Å²) in [6.07, 6.45) is 0.366. The Labute approximate surface area is 118 Å². The lowest BCUT2D eigenvalue weighted by Gasteiger charge is -2.25. The molecule has 0 bridgehead atoms. The average Bonchev–Trinajstić information content (AvgIpc) is 2.43. The van der Waals surface area contributed by atoms with Crippen molar-refractivity contribution in [1.82, 2.24) is 0 Å². The molecule has 0 saturated heterocycles. The molecule has 6 nitrogen and oxygen atoms in total. The quantitative estimate of drug-likeness (QED) is 0.488. The van der Waals surface area contributed by atoms with Crippen LogP contribution in [0.4, 0.5) is 5.69 Å². The topological polar surface area (TPSA) is 95.5 Å². The van der Waals surface area contributed by atoms with Crippen molar-refractivity contribution >= 4 is 11.7 Å². The van der Waals surface area contributed by atoms with E-state index in [-0.39, 0.29) is 17.5 Å². The molecule has 0 spiro atoms. The third kappa shape index (κ3) is 3.77. The van der Waals surface area contributed by atoms with Crippen LogP contribution in [0.2, 0.25) is 0 Å². The number of nitro benzene ring substituents is 1. The number of carbonyl (C=O) groups excluding carboxylic acids is 1. The first-order valence-corrected chi connectivity index (χ1v) is 6.44. The minimum absolute atomic E-state index is 0.0511. The molecule has 1 aromatic carbocycles. The number of hydrogen-bond acceptors (Lipinski definition) is 5. The van der Waals surface area contributed by atoms with Gasteiger partial charge in [-0.15, -0.1) is 0 Å². The standard InChI is InChI=1S/C14H20N2O4/c1-9(2)11(13(15)14(17)20-3)8-10-6-4-5-7-12(10)16(18)19/h4-7,9,11,13H,8,15H2,1-3H3. The minimum Gasteiger partial charge on any atom is -0.468 e. The Morgan fingerprint density at radius 2 is 2.00 bits per heavy atom. The fourth-order valence-corrected chi connectivity index (χ4v) is 2.20. The number of para-hydroxylation sites is 1. The number of nitro groups is 1. The molecule has 20 heavy (non-hydrogen) atoms. The van der Waals surface area contributed by atoms with Crippen LogP contribution >= 0.6 is 0 Å². The van der Waals surface area contributed by atoms with E-state index in [1.807, 2.05) is 13.8 Å². The molecule has 0 aliphatic rings. The van der Waals surface area contributed by atoms with Crippen molar-refractivity contribution in [2.45, 2.75) is 26.3 Å². The lowest BCUT2D eigenvalue weighted by molar-refractivity contribution is -0.385. The summed E-state index contributed by atoms with van der Waals surface area (Å²) in [5.41, 5.74) is 6.53. The molecule has 0 radical (unpaired) electrons. The zero-order valence-electron chi connectivity index (χ0n) is 11.9. The first-order chi connectivity index (χ1) is 9.38. The summed E-state index contributed by atoms with van der Waals surface area (Å²) in [7, 11) is 1.28. The normalized spacial score (nSPS) is 13.8. The van der Waals surface area contributed by atoms with E-state index in [1.165, 1.54) is 13.2 Å². The molecule has 0 amide bonds. The molecule has 0 saturated carbocycles. The van der Waals surface area contributed by atoms with Gasteiger partial charge in [-0.2, -0.15) is 0 Å². The summed E-state index contributed by atoms with van der Waals surface area (Å²) in [5.74, 6) is -0.616. The van der Waals surface area contributed by atoms with E-state index in [4.69, 9.17) is 5.73 Å². The molecule has 6 heteroatoms. The van der Waals surface area contributed by atoms with Gasteiger partial charge in [-0.05, 0) is 18.3 Å². The van der Waals surface area contributed by atoms with Crippen molar-refractivity contribution in [1.29, 1.82) is 0 Å². The van der Waals surface area contributed by atoms with Gasteiger partial charge in [0.25, 0.3) is 5.69 Å². The molecule has 0 heterocycles. The highest BCUT2D eigenvalue weighted by atomic mass is 16.6. The summed E-state index contributed by atoms with van der Waals surface area (Å²) in [6.45, 7) is 3.87. The third-order valence-corrected chi connectivity index (χ3v) is 3.43. The molecule has 110 valence electrons. The van der Waals surface area contributed by atoms with Gasteiger partial charge in [-0.25, -0.2) is 0 Å². The molecule has 0 aliphatic carbocycles. The van der Waals surface area contributed by atoms with Gasteiger partial charge >= 0.3 is 5.97 Å². The van der Waals surface area contributed by atoms with Crippen molar-refractivity contribution in [2.24, 2.45) is 17.6 Å². The van der Waals surface area contributed by atoms with Crippen molar-refractivity contribution < 1.29 is 14.5 Å². The first kappa shape index (κ1) is 16.1. The van der Waals surface area contributed by atoms with Crippen LogP contribution in [0.15, 0.2) is 24.3 Å². The van der Waals surface area contributed by atoms with E-state index < -0.39 is 16.9 Å². The smallest absolute Gasteiger partial charge is 0.322 e. The van der Waals surface area contributed by atoms with Crippen LogP contribution in [-0.4, -0.2) is 24.0 Å². The van der Waals surface area contributed by atoms with Gasteiger partial charge in [0.2, 0.25) is 0 Å². The number of rotatable bonds is 6. The predicted molar refractivity (Wildman–Crippen MR) is 75.1 cm³/mol. The second-order valence-electron chi connectivity index (χ2n) is 5.05. The van der Waals surface area contributed by atoms with E-state index in [2.05, 4.69) is 4.74 Å². The summed E-state index contributed by atoms with van der Waals surface area (Å²) < 4.78 is 4.66. The number of carbonyl (C=O) groups is 1. The van der Waals surface area contributed by atoms with E-state index in [0.29, 0.717) is 12.0 Å². The number of benzene rings is 1.